The van der Waals surface area contributed by atoms with E-state index in [2.05, 4.69) is 10.9 Å². The van der Waals surface area contributed by atoms with Crippen molar-refractivity contribution in [2.24, 2.45) is 0 Å². The Morgan fingerprint density at radius 1 is 1.73 bits per heavy atom. The second-order valence-corrected chi connectivity index (χ2v) is 3.25. The molecular weight excluding hydrogens is 192 g/mol. The molecule has 1 aromatic rings. The van der Waals surface area contributed by atoms with Crippen molar-refractivity contribution in [2.45, 2.75) is 6.54 Å². The van der Waals surface area contributed by atoms with E-state index in [0.29, 0.717) is 6.54 Å². The number of carboxylic acid groups (broad SMARTS) is 1. The first kappa shape index (κ1) is 11.2. The van der Waals surface area contributed by atoms with Crippen molar-refractivity contribution in [1.29, 1.82) is 0 Å². The summed E-state index contributed by atoms with van der Waals surface area (Å²) >= 11 is 0. The molecule has 0 spiro atoms. The number of nitrogens with zero attached hydrogens (tertiary/aromatic N) is 2. The second kappa shape index (κ2) is 5.13. The highest BCUT2D eigenvalue weighted by Gasteiger charge is 2.05. The van der Waals surface area contributed by atoms with Crippen molar-refractivity contribution in [3.05, 3.63) is 29.6 Å². The van der Waals surface area contributed by atoms with Gasteiger partial charge in [-0.05, 0) is 19.2 Å². The van der Waals surface area contributed by atoms with E-state index in [1.54, 1.807) is 30.3 Å². The van der Waals surface area contributed by atoms with Gasteiger partial charge in [-0.2, -0.15) is 0 Å². The SMILES string of the molecule is C#Cc1ccnc(CN(C)CC(=O)O)c1. The molecule has 0 amide bonds. The molecular formula is C11H12N2O2. The minimum Gasteiger partial charge on any atom is -0.480 e. The van der Waals surface area contributed by atoms with E-state index in [1.807, 2.05) is 0 Å². The van der Waals surface area contributed by atoms with Crippen LogP contribution in [0.1, 0.15) is 11.3 Å². The molecule has 1 N–H and O–H groups in total. The highest BCUT2D eigenvalue weighted by molar-refractivity contribution is 5.69. The Labute approximate surface area is 88.6 Å². The van der Waals surface area contributed by atoms with Crippen LogP contribution in [0.15, 0.2) is 18.3 Å². The first-order valence-electron chi connectivity index (χ1n) is 4.43. The van der Waals surface area contributed by atoms with Gasteiger partial charge >= 0.3 is 5.97 Å². The minimum atomic E-state index is -0.856. The highest BCUT2D eigenvalue weighted by atomic mass is 16.4. The van der Waals surface area contributed by atoms with Gasteiger partial charge in [0.2, 0.25) is 0 Å². The van der Waals surface area contributed by atoms with Gasteiger partial charge in [-0.1, -0.05) is 5.92 Å². The monoisotopic (exact) mass is 204 g/mol. The summed E-state index contributed by atoms with van der Waals surface area (Å²) in [5.74, 6) is 1.65. The summed E-state index contributed by atoms with van der Waals surface area (Å²) in [6, 6.07) is 3.51. The van der Waals surface area contributed by atoms with Gasteiger partial charge in [-0.3, -0.25) is 14.7 Å². The molecule has 0 aliphatic rings. The first-order valence-corrected chi connectivity index (χ1v) is 4.43. The normalized spacial score (nSPS) is 9.93. The van der Waals surface area contributed by atoms with Crippen molar-refractivity contribution < 1.29 is 9.90 Å². The Morgan fingerprint density at radius 2 is 2.47 bits per heavy atom. The minimum absolute atomic E-state index is 0.0119. The van der Waals surface area contributed by atoms with E-state index in [9.17, 15) is 4.79 Å². The van der Waals surface area contributed by atoms with Crippen molar-refractivity contribution in [1.82, 2.24) is 9.88 Å². The Bertz CT molecular complexity index is 396. The molecule has 15 heavy (non-hydrogen) atoms. The number of carbonyl (C=O) groups is 1. The summed E-state index contributed by atoms with van der Waals surface area (Å²) in [5, 5.41) is 8.57. The van der Waals surface area contributed by atoms with Crippen molar-refractivity contribution in [2.75, 3.05) is 13.6 Å². The van der Waals surface area contributed by atoms with Gasteiger partial charge in [0, 0.05) is 18.3 Å². The summed E-state index contributed by atoms with van der Waals surface area (Å²) < 4.78 is 0. The average Bonchev–Trinajstić information content (AvgIpc) is 2.16. The molecule has 0 saturated heterocycles. The van der Waals surface area contributed by atoms with E-state index in [4.69, 9.17) is 11.5 Å². The van der Waals surface area contributed by atoms with Crippen LogP contribution in [0, 0.1) is 12.3 Å². The predicted molar refractivity (Wildman–Crippen MR) is 56.1 cm³/mol. The van der Waals surface area contributed by atoms with Crippen LogP contribution in [-0.2, 0) is 11.3 Å². The Hall–Kier alpha value is -1.86. The second-order valence-electron chi connectivity index (χ2n) is 3.25. The zero-order valence-electron chi connectivity index (χ0n) is 8.47. The zero-order chi connectivity index (χ0) is 11.3. The maximum atomic E-state index is 10.4. The molecule has 0 atom stereocenters. The molecule has 0 bridgehead atoms. The van der Waals surface area contributed by atoms with Crippen LogP contribution in [0.2, 0.25) is 0 Å². The van der Waals surface area contributed by atoms with Crippen LogP contribution in [0.4, 0.5) is 0 Å². The van der Waals surface area contributed by atoms with Gasteiger partial charge in [-0.25, -0.2) is 0 Å². The lowest BCUT2D eigenvalue weighted by Crippen LogP contribution is -2.25. The third kappa shape index (κ3) is 3.79. The van der Waals surface area contributed by atoms with Crippen molar-refractivity contribution >= 4 is 5.97 Å². The van der Waals surface area contributed by atoms with Crippen LogP contribution < -0.4 is 0 Å². The Kier molecular flexibility index (Phi) is 3.83. The number of likely N-dealkylation sites (N-methyl/N-ethyl adjacent to an activating group) is 1. The summed E-state index contributed by atoms with van der Waals surface area (Å²) in [6.45, 7) is 0.462. The van der Waals surface area contributed by atoms with Gasteiger partial charge in [0.05, 0.1) is 12.2 Å². The maximum absolute atomic E-state index is 10.4. The largest absolute Gasteiger partial charge is 0.480 e. The molecule has 4 heteroatoms. The van der Waals surface area contributed by atoms with Gasteiger partial charge in [-0.15, -0.1) is 6.42 Å². The number of terminal acetylenes is 1. The van der Waals surface area contributed by atoms with E-state index >= 15 is 0 Å². The number of aromatic nitrogens is 1. The number of aliphatic carboxylic acids is 1. The summed E-state index contributed by atoms with van der Waals surface area (Å²) in [4.78, 5) is 16.2. The van der Waals surface area contributed by atoms with Crippen LogP contribution in [0.3, 0.4) is 0 Å². The molecule has 0 unspecified atom stereocenters. The van der Waals surface area contributed by atoms with Gasteiger partial charge in [0.25, 0.3) is 0 Å². The Balaban J connectivity index is 2.64. The molecule has 0 aromatic carbocycles. The average molecular weight is 204 g/mol. The molecule has 78 valence electrons. The molecule has 0 aliphatic heterocycles. The van der Waals surface area contributed by atoms with Gasteiger partial charge in [0.1, 0.15) is 0 Å². The fourth-order valence-corrected chi connectivity index (χ4v) is 1.22. The molecule has 1 rings (SSSR count). The predicted octanol–water partition coefficient (Wildman–Crippen LogP) is 0.579. The van der Waals surface area contributed by atoms with Crippen LogP contribution in [0.25, 0.3) is 0 Å². The number of rotatable bonds is 4. The lowest BCUT2D eigenvalue weighted by molar-refractivity contribution is -0.138. The van der Waals surface area contributed by atoms with Crippen LogP contribution in [0.5, 0.6) is 0 Å². The van der Waals surface area contributed by atoms with Crippen molar-refractivity contribution in [3.63, 3.8) is 0 Å². The number of pyridine rings is 1. The molecule has 1 heterocycles. The number of hydrogen-bond donors (Lipinski definition) is 1. The highest BCUT2D eigenvalue weighted by Crippen LogP contribution is 2.02. The lowest BCUT2D eigenvalue weighted by Gasteiger charge is -2.12. The number of carboxylic acids is 1. The fourth-order valence-electron chi connectivity index (χ4n) is 1.22. The number of hydrogen-bond acceptors (Lipinski definition) is 3. The Morgan fingerprint density at radius 3 is 3.07 bits per heavy atom. The molecule has 0 radical (unpaired) electrons. The van der Waals surface area contributed by atoms with Crippen LogP contribution in [-0.4, -0.2) is 34.6 Å². The summed E-state index contributed by atoms with van der Waals surface area (Å²) in [5.41, 5.74) is 1.53. The summed E-state index contributed by atoms with van der Waals surface area (Å²) in [7, 11) is 1.72. The van der Waals surface area contributed by atoms with Gasteiger partial charge < -0.3 is 5.11 Å². The van der Waals surface area contributed by atoms with Crippen molar-refractivity contribution in [3.8, 4) is 12.3 Å². The molecule has 0 fully saturated rings. The van der Waals surface area contributed by atoms with Crippen LogP contribution >= 0.6 is 0 Å². The zero-order valence-corrected chi connectivity index (χ0v) is 8.47. The van der Waals surface area contributed by atoms with E-state index in [1.165, 1.54) is 0 Å². The van der Waals surface area contributed by atoms with E-state index in [-0.39, 0.29) is 6.54 Å². The van der Waals surface area contributed by atoms with E-state index < -0.39 is 5.97 Å². The van der Waals surface area contributed by atoms with Gasteiger partial charge in [0.15, 0.2) is 0 Å². The van der Waals surface area contributed by atoms with E-state index in [0.717, 1.165) is 11.3 Å². The molecule has 1 aromatic heterocycles. The third-order valence-corrected chi connectivity index (χ3v) is 1.82. The quantitative estimate of drug-likeness (QED) is 0.729. The molecule has 4 nitrogen and oxygen atoms in total. The first-order chi connectivity index (χ1) is 7.11. The standard InChI is InChI=1S/C11H12N2O2/c1-3-9-4-5-12-10(6-9)7-13(2)8-11(14)15/h1,4-6H,7-8H2,2H3,(H,14,15). The lowest BCUT2D eigenvalue weighted by atomic mass is 10.2. The molecule has 0 aliphatic carbocycles. The molecule has 0 saturated carbocycles. The maximum Gasteiger partial charge on any atom is 0.317 e. The fraction of sp³-hybridized carbons (Fsp3) is 0.273. The third-order valence-electron chi connectivity index (χ3n) is 1.82. The summed E-state index contributed by atoms with van der Waals surface area (Å²) in [6.07, 6.45) is 6.87. The topological polar surface area (TPSA) is 53.4 Å². The smallest absolute Gasteiger partial charge is 0.317 e.